The number of nitrogens with one attached hydrogen (secondary N) is 1. The van der Waals surface area contributed by atoms with E-state index in [1.807, 2.05) is 20.8 Å². The molecule has 0 unspecified atom stereocenters. The highest BCUT2D eigenvalue weighted by Crippen LogP contribution is 2.28. The third-order valence-electron chi connectivity index (χ3n) is 2.30. The van der Waals surface area contributed by atoms with E-state index in [9.17, 15) is 9.90 Å². The van der Waals surface area contributed by atoms with Crippen LogP contribution in [0.25, 0.3) is 0 Å². The van der Waals surface area contributed by atoms with Gasteiger partial charge in [-0.1, -0.05) is 0 Å². The standard InChI is InChI=1S/C10H19NO3/c1-9(2,3)14-10(8(12)13)4-6-11-7-5-10/h11H,4-7H2,1-3H3,(H,12,13). The second kappa shape index (κ2) is 3.87. The van der Waals surface area contributed by atoms with Crippen LogP contribution in [0.2, 0.25) is 0 Å². The number of hydrogen-bond acceptors (Lipinski definition) is 3. The maximum Gasteiger partial charge on any atom is 0.336 e. The Morgan fingerprint density at radius 3 is 2.21 bits per heavy atom. The van der Waals surface area contributed by atoms with Gasteiger partial charge in [0.1, 0.15) is 0 Å². The van der Waals surface area contributed by atoms with Crippen molar-refractivity contribution in [2.45, 2.75) is 44.8 Å². The lowest BCUT2D eigenvalue weighted by Crippen LogP contribution is -2.53. The van der Waals surface area contributed by atoms with E-state index in [0.29, 0.717) is 25.9 Å². The monoisotopic (exact) mass is 201 g/mol. The zero-order chi connectivity index (χ0) is 10.8. The molecule has 4 nitrogen and oxygen atoms in total. The first-order chi connectivity index (χ1) is 6.36. The Bertz CT molecular complexity index is 214. The lowest BCUT2D eigenvalue weighted by atomic mass is 9.91. The van der Waals surface area contributed by atoms with Crippen LogP contribution in [0.4, 0.5) is 0 Å². The predicted molar refractivity (Wildman–Crippen MR) is 53.3 cm³/mol. The molecule has 0 aromatic rings. The molecule has 2 N–H and O–H groups in total. The Labute approximate surface area is 84.6 Å². The van der Waals surface area contributed by atoms with Gasteiger partial charge in [0.2, 0.25) is 0 Å². The van der Waals surface area contributed by atoms with Crippen molar-refractivity contribution in [3.8, 4) is 0 Å². The van der Waals surface area contributed by atoms with Crippen LogP contribution >= 0.6 is 0 Å². The Morgan fingerprint density at radius 2 is 1.86 bits per heavy atom. The molecule has 1 rings (SSSR count). The van der Waals surface area contributed by atoms with Gasteiger partial charge in [-0.25, -0.2) is 4.79 Å². The van der Waals surface area contributed by atoms with Gasteiger partial charge in [-0.05, 0) is 46.7 Å². The van der Waals surface area contributed by atoms with Crippen LogP contribution in [0.3, 0.4) is 0 Å². The molecule has 0 spiro atoms. The van der Waals surface area contributed by atoms with E-state index < -0.39 is 17.2 Å². The van der Waals surface area contributed by atoms with Gasteiger partial charge >= 0.3 is 5.97 Å². The fourth-order valence-electron chi connectivity index (χ4n) is 1.78. The molecule has 82 valence electrons. The molecule has 1 heterocycles. The lowest BCUT2D eigenvalue weighted by Gasteiger charge is -2.38. The summed E-state index contributed by atoms with van der Waals surface area (Å²) >= 11 is 0. The molecule has 0 amide bonds. The van der Waals surface area contributed by atoms with E-state index in [2.05, 4.69) is 5.32 Å². The molecule has 0 aromatic carbocycles. The summed E-state index contributed by atoms with van der Waals surface area (Å²) in [7, 11) is 0. The molecule has 0 aromatic heterocycles. The number of piperidine rings is 1. The van der Waals surface area contributed by atoms with Gasteiger partial charge < -0.3 is 15.2 Å². The smallest absolute Gasteiger partial charge is 0.336 e. The summed E-state index contributed by atoms with van der Waals surface area (Å²) in [6.45, 7) is 7.09. The summed E-state index contributed by atoms with van der Waals surface area (Å²) in [5.74, 6) is -0.839. The number of carboxylic acids is 1. The average Bonchev–Trinajstić information content (AvgIpc) is 2.02. The van der Waals surface area contributed by atoms with Crippen molar-refractivity contribution in [1.29, 1.82) is 0 Å². The molecule has 1 fully saturated rings. The largest absolute Gasteiger partial charge is 0.479 e. The number of rotatable bonds is 2. The first-order valence-electron chi connectivity index (χ1n) is 5.00. The molecule has 0 aliphatic carbocycles. The van der Waals surface area contributed by atoms with Crippen molar-refractivity contribution in [2.24, 2.45) is 0 Å². The normalized spacial score (nSPS) is 21.9. The topological polar surface area (TPSA) is 58.6 Å². The minimum Gasteiger partial charge on any atom is -0.479 e. The summed E-state index contributed by atoms with van der Waals surface area (Å²) in [4.78, 5) is 11.2. The molecule has 14 heavy (non-hydrogen) atoms. The first kappa shape index (κ1) is 11.5. The highest BCUT2D eigenvalue weighted by molar-refractivity contribution is 5.77. The first-order valence-corrected chi connectivity index (χ1v) is 5.00. The molecule has 0 radical (unpaired) electrons. The number of carboxylic acid groups (broad SMARTS) is 1. The fourth-order valence-corrected chi connectivity index (χ4v) is 1.78. The Morgan fingerprint density at radius 1 is 1.36 bits per heavy atom. The minimum absolute atomic E-state index is 0.407. The molecule has 0 atom stereocenters. The van der Waals surface area contributed by atoms with Gasteiger partial charge in [-0.2, -0.15) is 0 Å². The highest BCUT2D eigenvalue weighted by Gasteiger charge is 2.43. The molecule has 1 aliphatic rings. The number of ether oxygens (including phenoxy) is 1. The van der Waals surface area contributed by atoms with E-state index in [-0.39, 0.29) is 0 Å². The van der Waals surface area contributed by atoms with Crippen molar-refractivity contribution in [3.63, 3.8) is 0 Å². The van der Waals surface area contributed by atoms with E-state index >= 15 is 0 Å². The van der Waals surface area contributed by atoms with Gasteiger partial charge in [0, 0.05) is 0 Å². The van der Waals surface area contributed by atoms with Crippen LogP contribution in [-0.4, -0.2) is 35.4 Å². The maximum atomic E-state index is 11.2. The number of hydrogen-bond donors (Lipinski definition) is 2. The zero-order valence-corrected chi connectivity index (χ0v) is 9.09. The Balaban J connectivity index is 2.76. The van der Waals surface area contributed by atoms with Crippen LogP contribution in [0, 0.1) is 0 Å². The summed E-state index contributed by atoms with van der Waals surface area (Å²) in [5.41, 5.74) is -1.39. The lowest BCUT2D eigenvalue weighted by molar-refractivity contribution is -0.190. The Hall–Kier alpha value is -0.610. The van der Waals surface area contributed by atoms with E-state index in [1.165, 1.54) is 0 Å². The molecule has 4 heteroatoms. The van der Waals surface area contributed by atoms with E-state index in [4.69, 9.17) is 4.74 Å². The van der Waals surface area contributed by atoms with Crippen LogP contribution in [0.5, 0.6) is 0 Å². The second-order valence-electron chi connectivity index (χ2n) is 4.76. The van der Waals surface area contributed by atoms with E-state index in [0.717, 1.165) is 0 Å². The second-order valence-corrected chi connectivity index (χ2v) is 4.76. The number of aliphatic carboxylic acids is 1. The van der Waals surface area contributed by atoms with Crippen molar-refractivity contribution in [3.05, 3.63) is 0 Å². The summed E-state index contributed by atoms with van der Waals surface area (Å²) in [6, 6.07) is 0. The van der Waals surface area contributed by atoms with Crippen LogP contribution in [0.1, 0.15) is 33.6 Å². The minimum atomic E-state index is -0.983. The summed E-state index contributed by atoms with van der Waals surface area (Å²) in [5, 5.41) is 12.3. The average molecular weight is 201 g/mol. The fraction of sp³-hybridized carbons (Fsp3) is 0.900. The van der Waals surface area contributed by atoms with Crippen LogP contribution < -0.4 is 5.32 Å². The van der Waals surface area contributed by atoms with Crippen LogP contribution in [-0.2, 0) is 9.53 Å². The highest BCUT2D eigenvalue weighted by atomic mass is 16.5. The quantitative estimate of drug-likeness (QED) is 0.700. The summed E-state index contributed by atoms with van der Waals surface area (Å²) in [6.07, 6.45) is 1.08. The number of carbonyl (C=O) groups is 1. The van der Waals surface area contributed by atoms with E-state index in [1.54, 1.807) is 0 Å². The third kappa shape index (κ3) is 2.69. The van der Waals surface area contributed by atoms with Crippen molar-refractivity contribution in [1.82, 2.24) is 5.32 Å². The van der Waals surface area contributed by atoms with Gasteiger partial charge in [0.05, 0.1) is 5.60 Å². The van der Waals surface area contributed by atoms with Gasteiger partial charge in [-0.3, -0.25) is 0 Å². The molecule has 0 bridgehead atoms. The summed E-state index contributed by atoms with van der Waals surface area (Å²) < 4.78 is 5.69. The Kier molecular flexibility index (Phi) is 3.17. The third-order valence-corrected chi connectivity index (χ3v) is 2.30. The maximum absolute atomic E-state index is 11.2. The van der Waals surface area contributed by atoms with Crippen molar-refractivity contribution >= 4 is 5.97 Å². The van der Waals surface area contributed by atoms with Crippen LogP contribution in [0.15, 0.2) is 0 Å². The van der Waals surface area contributed by atoms with Crippen molar-refractivity contribution < 1.29 is 14.6 Å². The van der Waals surface area contributed by atoms with Gasteiger partial charge in [-0.15, -0.1) is 0 Å². The van der Waals surface area contributed by atoms with Gasteiger partial charge in [0.25, 0.3) is 0 Å². The molecule has 0 saturated carbocycles. The molecular formula is C10H19NO3. The molecule has 1 saturated heterocycles. The molecular weight excluding hydrogens is 182 g/mol. The SMILES string of the molecule is CC(C)(C)OC1(C(=O)O)CCNCC1. The molecule has 1 aliphatic heterocycles. The zero-order valence-electron chi connectivity index (χ0n) is 9.09. The predicted octanol–water partition coefficient (Wildman–Crippen LogP) is 1.01. The van der Waals surface area contributed by atoms with Crippen molar-refractivity contribution in [2.75, 3.05) is 13.1 Å². The van der Waals surface area contributed by atoms with Gasteiger partial charge in [0.15, 0.2) is 5.60 Å².